The maximum atomic E-state index is 12.3. The van der Waals surface area contributed by atoms with Crippen LogP contribution in [0.25, 0.3) is 11.2 Å². The van der Waals surface area contributed by atoms with Gasteiger partial charge >= 0.3 is 0 Å². The first-order valence-corrected chi connectivity index (χ1v) is 8.49. The van der Waals surface area contributed by atoms with Crippen LogP contribution in [0.5, 0.6) is 0 Å². The van der Waals surface area contributed by atoms with Crippen molar-refractivity contribution >= 4 is 21.1 Å². The highest BCUT2D eigenvalue weighted by Crippen LogP contribution is 2.38. The van der Waals surface area contributed by atoms with Crippen molar-refractivity contribution in [1.82, 2.24) is 14.6 Å². The molecule has 2 aromatic rings. The average Bonchev–Trinajstić information content (AvgIpc) is 2.84. The van der Waals surface area contributed by atoms with Gasteiger partial charge in [-0.1, -0.05) is 12.5 Å². The molecule has 2 aliphatic heterocycles. The molecule has 4 rings (SSSR count). The third-order valence-electron chi connectivity index (χ3n) is 4.35. The van der Waals surface area contributed by atoms with Gasteiger partial charge < -0.3 is 0 Å². The summed E-state index contributed by atoms with van der Waals surface area (Å²) in [5, 5.41) is 3.66. The van der Waals surface area contributed by atoms with E-state index in [0.29, 0.717) is 6.42 Å². The molecule has 1 fully saturated rings. The van der Waals surface area contributed by atoms with Gasteiger partial charge in [-0.15, -0.1) is 0 Å². The topological polar surface area (TPSA) is 64.3 Å². The van der Waals surface area contributed by atoms with Gasteiger partial charge in [-0.05, 0) is 24.8 Å². The van der Waals surface area contributed by atoms with Crippen molar-refractivity contribution in [3.05, 3.63) is 36.3 Å². The number of allylic oxidation sites excluding steroid dienone is 1. The minimum Gasteiger partial charge on any atom is -0.236 e. The Balaban J connectivity index is 1.80. The highest BCUT2D eigenvalue weighted by molar-refractivity contribution is 7.93. The first kappa shape index (κ1) is 12.1. The zero-order valence-electron chi connectivity index (χ0n) is 10.9. The van der Waals surface area contributed by atoms with Gasteiger partial charge in [0.2, 0.25) is 0 Å². The third kappa shape index (κ3) is 1.71. The van der Waals surface area contributed by atoms with Crippen LogP contribution in [-0.4, -0.2) is 33.5 Å². The van der Waals surface area contributed by atoms with Crippen LogP contribution in [0, 0.1) is 0 Å². The lowest BCUT2D eigenvalue weighted by molar-refractivity contribution is 0.518. The van der Waals surface area contributed by atoms with Crippen LogP contribution >= 0.6 is 0 Å². The largest absolute Gasteiger partial charge is 0.236 e. The molecule has 2 aliphatic rings. The van der Waals surface area contributed by atoms with E-state index in [-0.39, 0.29) is 10.5 Å². The zero-order chi connectivity index (χ0) is 13.7. The summed E-state index contributed by atoms with van der Waals surface area (Å²) in [6.07, 6.45) is 10.5. The standard InChI is InChI=1S/C14H15N3O2S/c18-20(19)12-2-1-3-13(20)7-10(6-12)11-8-15-14-4-5-16-17(14)9-11/h4-6,8-9,12-13H,1-3,7H2. The summed E-state index contributed by atoms with van der Waals surface area (Å²) < 4.78 is 26.3. The molecule has 2 atom stereocenters. The summed E-state index contributed by atoms with van der Waals surface area (Å²) in [5.74, 6) is 0. The fourth-order valence-corrected chi connectivity index (χ4v) is 5.50. The fourth-order valence-electron chi connectivity index (χ4n) is 3.25. The molecule has 2 aromatic heterocycles. The second-order valence-corrected chi connectivity index (χ2v) is 8.00. The van der Waals surface area contributed by atoms with E-state index in [1.54, 1.807) is 10.7 Å². The molecule has 0 radical (unpaired) electrons. The summed E-state index contributed by atoms with van der Waals surface area (Å²) in [7, 11) is -2.96. The molecule has 0 N–H and O–H groups in total. The normalized spacial score (nSPS) is 28.3. The molecular formula is C14H15N3O2S. The Kier molecular flexibility index (Phi) is 2.51. The van der Waals surface area contributed by atoms with E-state index in [1.165, 1.54) is 0 Å². The first-order valence-electron chi connectivity index (χ1n) is 6.88. The maximum absolute atomic E-state index is 12.3. The molecular weight excluding hydrogens is 274 g/mol. The van der Waals surface area contributed by atoms with E-state index in [1.807, 2.05) is 24.5 Å². The van der Waals surface area contributed by atoms with E-state index in [4.69, 9.17) is 0 Å². The number of hydrogen-bond donors (Lipinski definition) is 0. The van der Waals surface area contributed by atoms with Crippen molar-refractivity contribution in [1.29, 1.82) is 0 Å². The number of hydrogen-bond acceptors (Lipinski definition) is 4. The minimum atomic E-state index is -2.96. The highest BCUT2D eigenvalue weighted by Gasteiger charge is 2.40. The van der Waals surface area contributed by atoms with Gasteiger partial charge in [-0.25, -0.2) is 17.9 Å². The van der Waals surface area contributed by atoms with Gasteiger partial charge in [-0.3, -0.25) is 0 Å². The van der Waals surface area contributed by atoms with Crippen molar-refractivity contribution in [2.45, 2.75) is 36.2 Å². The number of aromatic nitrogens is 3. The van der Waals surface area contributed by atoms with Crippen LogP contribution in [-0.2, 0) is 9.84 Å². The van der Waals surface area contributed by atoms with E-state index < -0.39 is 9.84 Å². The fraction of sp³-hybridized carbons (Fsp3) is 0.429. The summed E-state index contributed by atoms with van der Waals surface area (Å²) in [6.45, 7) is 0. The van der Waals surface area contributed by atoms with E-state index in [2.05, 4.69) is 10.1 Å². The van der Waals surface area contributed by atoms with Crippen molar-refractivity contribution in [2.24, 2.45) is 0 Å². The molecule has 0 amide bonds. The van der Waals surface area contributed by atoms with Crippen LogP contribution in [0.4, 0.5) is 0 Å². The Labute approximate surface area is 117 Å². The SMILES string of the molecule is O=S1(=O)C2C=C(c3cnc4ccnn4c3)CC1CCC2. The van der Waals surface area contributed by atoms with Gasteiger partial charge in [0.15, 0.2) is 15.5 Å². The van der Waals surface area contributed by atoms with Crippen LogP contribution in [0.1, 0.15) is 31.2 Å². The molecule has 2 bridgehead atoms. The molecule has 2 unspecified atom stereocenters. The monoisotopic (exact) mass is 289 g/mol. The highest BCUT2D eigenvalue weighted by atomic mass is 32.2. The lowest BCUT2D eigenvalue weighted by Gasteiger charge is -2.33. The van der Waals surface area contributed by atoms with Crippen molar-refractivity contribution in [2.75, 3.05) is 0 Å². The molecule has 0 spiro atoms. The molecule has 0 aromatic carbocycles. The molecule has 5 nitrogen and oxygen atoms in total. The molecule has 0 aliphatic carbocycles. The summed E-state index contributed by atoms with van der Waals surface area (Å²) in [4.78, 5) is 4.36. The van der Waals surface area contributed by atoms with E-state index in [9.17, 15) is 8.42 Å². The summed E-state index contributed by atoms with van der Waals surface area (Å²) in [6, 6.07) is 1.85. The van der Waals surface area contributed by atoms with Gasteiger partial charge in [0.05, 0.1) is 16.7 Å². The Morgan fingerprint density at radius 2 is 2.20 bits per heavy atom. The Morgan fingerprint density at radius 1 is 1.30 bits per heavy atom. The number of fused-ring (bicyclic) bond motifs is 3. The van der Waals surface area contributed by atoms with Gasteiger partial charge in [0.1, 0.15) is 0 Å². The molecule has 0 saturated carbocycles. The van der Waals surface area contributed by atoms with Crippen LogP contribution in [0.2, 0.25) is 0 Å². The van der Waals surface area contributed by atoms with Crippen molar-refractivity contribution < 1.29 is 8.42 Å². The Bertz CT molecular complexity index is 807. The second kappa shape index (κ2) is 4.15. The van der Waals surface area contributed by atoms with Crippen LogP contribution in [0.15, 0.2) is 30.7 Å². The van der Waals surface area contributed by atoms with E-state index >= 15 is 0 Å². The van der Waals surface area contributed by atoms with Crippen molar-refractivity contribution in [3.8, 4) is 0 Å². The quantitative estimate of drug-likeness (QED) is 0.803. The molecule has 6 heteroatoms. The Morgan fingerprint density at radius 3 is 3.05 bits per heavy atom. The summed E-state index contributed by atoms with van der Waals surface area (Å²) >= 11 is 0. The first-order chi connectivity index (χ1) is 9.64. The smallest absolute Gasteiger partial charge is 0.159 e. The van der Waals surface area contributed by atoms with Crippen LogP contribution < -0.4 is 0 Å². The molecule has 4 heterocycles. The lowest BCUT2D eigenvalue weighted by Crippen LogP contribution is -2.38. The van der Waals surface area contributed by atoms with E-state index in [0.717, 1.165) is 36.0 Å². The number of sulfone groups is 1. The average molecular weight is 289 g/mol. The van der Waals surface area contributed by atoms with Gasteiger partial charge in [-0.2, -0.15) is 5.10 Å². The predicted octanol–water partition coefficient (Wildman–Crippen LogP) is 1.85. The second-order valence-electron chi connectivity index (χ2n) is 5.55. The lowest BCUT2D eigenvalue weighted by atomic mass is 9.95. The van der Waals surface area contributed by atoms with Gasteiger partial charge in [0, 0.05) is 24.0 Å². The summed E-state index contributed by atoms with van der Waals surface area (Å²) in [5.41, 5.74) is 2.88. The third-order valence-corrected chi connectivity index (χ3v) is 6.90. The molecule has 104 valence electrons. The van der Waals surface area contributed by atoms with Crippen LogP contribution in [0.3, 0.4) is 0 Å². The molecule has 1 saturated heterocycles. The number of rotatable bonds is 1. The minimum absolute atomic E-state index is 0.213. The predicted molar refractivity (Wildman–Crippen MR) is 75.9 cm³/mol. The number of nitrogens with zero attached hydrogens (tertiary/aromatic N) is 3. The molecule has 20 heavy (non-hydrogen) atoms. The van der Waals surface area contributed by atoms with Gasteiger partial charge in [0.25, 0.3) is 0 Å². The zero-order valence-corrected chi connectivity index (χ0v) is 11.8. The van der Waals surface area contributed by atoms with Crippen molar-refractivity contribution in [3.63, 3.8) is 0 Å². The maximum Gasteiger partial charge on any atom is 0.159 e. The Hall–Kier alpha value is -1.69.